The first-order valence-electron chi connectivity index (χ1n) is 8.26. The first-order chi connectivity index (χ1) is 10.5. The number of rotatable bonds is 7. The molecule has 5 nitrogen and oxygen atoms in total. The van der Waals surface area contributed by atoms with Gasteiger partial charge in [-0.1, -0.05) is 35.2 Å². The molecule has 136 valence electrons. The molecule has 0 rings (SSSR count). The van der Waals surface area contributed by atoms with Crippen LogP contribution in [0.1, 0.15) is 73.6 Å². The molecule has 0 aliphatic carbocycles. The smallest absolute Gasteiger partial charge is 0.419 e. The number of halogens is 1. The minimum absolute atomic E-state index is 0.318. The number of alkyl halides is 1. The molecule has 0 saturated heterocycles. The van der Waals surface area contributed by atoms with E-state index in [4.69, 9.17) is 9.47 Å². The number of ether oxygens (including phenoxy) is 2. The Labute approximate surface area is 149 Å². The zero-order valence-corrected chi connectivity index (χ0v) is 17.0. The molecule has 0 aromatic carbocycles. The molecule has 23 heavy (non-hydrogen) atoms. The van der Waals surface area contributed by atoms with Crippen LogP contribution in [0.5, 0.6) is 0 Å². The first-order valence-corrected chi connectivity index (χ1v) is 9.38. The fourth-order valence-electron chi connectivity index (χ4n) is 1.79. The molecule has 0 spiro atoms. The van der Waals surface area contributed by atoms with E-state index >= 15 is 0 Å². The summed E-state index contributed by atoms with van der Waals surface area (Å²) in [6.45, 7) is 11.0. The van der Waals surface area contributed by atoms with Gasteiger partial charge in [0.25, 0.3) is 0 Å². The highest BCUT2D eigenvalue weighted by atomic mass is 79.9. The lowest BCUT2D eigenvalue weighted by Gasteiger charge is -2.28. The normalized spacial score (nSPS) is 12.0. The Hall–Kier alpha value is -0.780. The molecule has 0 aliphatic heterocycles. The molecular weight excluding hydrogens is 362 g/mol. The minimum Gasteiger partial charge on any atom is -0.443 e. The van der Waals surface area contributed by atoms with E-state index in [9.17, 15) is 9.59 Å². The van der Waals surface area contributed by atoms with Crippen molar-refractivity contribution in [3.05, 3.63) is 0 Å². The Morgan fingerprint density at radius 3 is 1.57 bits per heavy atom. The number of carbonyl (C=O) groups is 2. The van der Waals surface area contributed by atoms with E-state index in [1.165, 1.54) is 0 Å². The van der Waals surface area contributed by atoms with Gasteiger partial charge in [-0.3, -0.25) is 0 Å². The molecule has 2 amide bonds. The van der Waals surface area contributed by atoms with Crippen LogP contribution in [-0.2, 0) is 9.47 Å². The van der Waals surface area contributed by atoms with Crippen molar-refractivity contribution < 1.29 is 19.1 Å². The van der Waals surface area contributed by atoms with Gasteiger partial charge >= 0.3 is 12.2 Å². The van der Waals surface area contributed by atoms with E-state index in [-0.39, 0.29) is 0 Å². The maximum atomic E-state index is 12.2. The molecule has 0 atom stereocenters. The molecule has 0 aliphatic rings. The van der Waals surface area contributed by atoms with Crippen LogP contribution in [0, 0.1) is 0 Å². The number of hydrogen-bond acceptors (Lipinski definition) is 4. The average molecular weight is 394 g/mol. The van der Waals surface area contributed by atoms with Gasteiger partial charge in [-0.05, 0) is 54.4 Å². The molecule has 0 aromatic rings. The summed E-state index contributed by atoms with van der Waals surface area (Å²) < 4.78 is 10.6. The SMILES string of the molecule is CC(C)(C)OC(=O)N(CCCCCCCBr)C(=O)OC(C)(C)C. The molecule has 0 bridgehead atoms. The third-order valence-electron chi connectivity index (χ3n) is 2.74. The van der Waals surface area contributed by atoms with E-state index in [0.717, 1.165) is 42.3 Å². The highest BCUT2D eigenvalue weighted by molar-refractivity contribution is 9.09. The summed E-state index contributed by atoms with van der Waals surface area (Å²) in [5, 5.41) is 1.01. The summed E-state index contributed by atoms with van der Waals surface area (Å²) in [5.41, 5.74) is -1.29. The highest BCUT2D eigenvalue weighted by Crippen LogP contribution is 2.15. The largest absolute Gasteiger partial charge is 0.443 e. The van der Waals surface area contributed by atoms with Gasteiger partial charge in [0.05, 0.1) is 0 Å². The number of nitrogens with zero attached hydrogens (tertiary/aromatic N) is 1. The van der Waals surface area contributed by atoms with Gasteiger partial charge in [0.15, 0.2) is 0 Å². The van der Waals surface area contributed by atoms with E-state index < -0.39 is 23.4 Å². The number of amides is 2. The predicted molar refractivity (Wildman–Crippen MR) is 96.1 cm³/mol. The average Bonchev–Trinajstić information content (AvgIpc) is 2.33. The van der Waals surface area contributed by atoms with Crippen molar-refractivity contribution in [1.29, 1.82) is 0 Å². The summed E-state index contributed by atoms with van der Waals surface area (Å²) in [6, 6.07) is 0. The van der Waals surface area contributed by atoms with Crippen LogP contribution in [0.3, 0.4) is 0 Å². The van der Waals surface area contributed by atoms with Crippen molar-refractivity contribution in [2.75, 3.05) is 11.9 Å². The van der Waals surface area contributed by atoms with Crippen molar-refractivity contribution >= 4 is 28.1 Å². The molecule has 6 heteroatoms. The van der Waals surface area contributed by atoms with E-state index in [1.807, 2.05) is 0 Å². The van der Waals surface area contributed by atoms with Crippen LogP contribution in [-0.4, -0.2) is 40.2 Å². The van der Waals surface area contributed by atoms with E-state index in [0.29, 0.717) is 6.54 Å². The van der Waals surface area contributed by atoms with Crippen LogP contribution in [0.25, 0.3) is 0 Å². The molecule has 0 N–H and O–H groups in total. The van der Waals surface area contributed by atoms with Crippen molar-refractivity contribution in [1.82, 2.24) is 4.90 Å². The van der Waals surface area contributed by atoms with Crippen molar-refractivity contribution in [2.24, 2.45) is 0 Å². The van der Waals surface area contributed by atoms with Crippen molar-refractivity contribution in [3.63, 3.8) is 0 Å². The second-order valence-electron chi connectivity index (χ2n) is 7.57. The van der Waals surface area contributed by atoms with Crippen LogP contribution in [0.15, 0.2) is 0 Å². The number of imide groups is 1. The zero-order chi connectivity index (χ0) is 18.1. The molecular formula is C17H32BrNO4. The molecule has 0 fully saturated rings. The lowest BCUT2D eigenvalue weighted by Crippen LogP contribution is -2.44. The van der Waals surface area contributed by atoms with Crippen molar-refractivity contribution in [3.8, 4) is 0 Å². The molecule has 0 aromatic heterocycles. The lowest BCUT2D eigenvalue weighted by molar-refractivity contribution is 0.00119. The van der Waals surface area contributed by atoms with Gasteiger partial charge in [-0.15, -0.1) is 0 Å². The van der Waals surface area contributed by atoms with Crippen LogP contribution in [0.4, 0.5) is 9.59 Å². The van der Waals surface area contributed by atoms with Crippen molar-refractivity contribution in [2.45, 2.75) is 84.8 Å². The van der Waals surface area contributed by atoms with Gasteiger partial charge < -0.3 is 9.47 Å². The Morgan fingerprint density at radius 2 is 1.17 bits per heavy atom. The third-order valence-corrected chi connectivity index (χ3v) is 3.30. The molecule has 0 heterocycles. The second-order valence-corrected chi connectivity index (χ2v) is 8.36. The maximum Gasteiger partial charge on any atom is 0.419 e. The van der Waals surface area contributed by atoms with Gasteiger partial charge in [0.2, 0.25) is 0 Å². The topological polar surface area (TPSA) is 55.8 Å². The lowest BCUT2D eigenvalue weighted by atomic mass is 10.1. The Kier molecular flexibility index (Phi) is 9.82. The van der Waals surface area contributed by atoms with E-state index in [2.05, 4.69) is 15.9 Å². The fourth-order valence-corrected chi connectivity index (χ4v) is 2.18. The van der Waals surface area contributed by atoms with Crippen LogP contribution in [0.2, 0.25) is 0 Å². The fraction of sp³-hybridized carbons (Fsp3) is 0.882. The van der Waals surface area contributed by atoms with Gasteiger partial charge in [-0.25, -0.2) is 14.5 Å². The quantitative estimate of drug-likeness (QED) is 0.422. The summed E-state index contributed by atoms with van der Waals surface area (Å²) in [5.74, 6) is 0. The Morgan fingerprint density at radius 1 is 0.783 bits per heavy atom. The van der Waals surface area contributed by atoms with Crippen LogP contribution >= 0.6 is 15.9 Å². The van der Waals surface area contributed by atoms with Crippen LogP contribution < -0.4 is 0 Å². The van der Waals surface area contributed by atoms with E-state index in [1.54, 1.807) is 41.5 Å². The van der Waals surface area contributed by atoms with Gasteiger partial charge in [0.1, 0.15) is 11.2 Å². The summed E-state index contributed by atoms with van der Waals surface area (Å²) >= 11 is 3.41. The molecule has 0 unspecified atom stereocenters. The second kappa shape index (κ2) is 10.2. The monoisotopic (exact) mass is 393 g/mol. The minimum atomic E-state index is -0.646. The van der Waals surface area contributed by atoms with Gasteiger partial charge in [-0.2, -0.15) is 0 Å². The zero-order valence-electron chi connectivity index (χ0n) is 15.4. The Bertz CT molecular complexity index is 344. The standard InChI is InChI=1S/C17H32BrNO4/c1-16(2,3)22-14(20)19(15(21)23-17(4,5)6)13-11-9-7-8-10-12-18/h7-13H2,1-6H3. The molecule has 0 radical (unpaired) electrons. The first kappa shape index (κ1) is 22.2. The maximum absolute atomic E-state index is 12.2. The number of carbonyl (C=O) groups excluding carboxylic acids is 2. The summed E-state index contributed by atoms with van der Waals surface area (Å²) in [6.07, 6.45) is 3.80. The number of hydrogen-bond donors (Lipinski definition) is 0. The third kappa shape index (κ3) is 12.3. The molecule has 0 saturated carbocycles. The van der Waals surface area contributed by atoms with Gasteiger partial charge in [0, 0.05) is 11.9 Å². The summed E-state index contributed by atoms with van der Waals surface area (Å²) in [7, 11) is 0. The number of unbranched alkanes of at least 4 members (excludes halogenated alkanes) is 4. The Balaban J connectivity index is 4.61. The highest BCUT2D eigenvalue weighted by Gasteiger charge is 2.30. The predicted octanol–water partition coefficient (Wildman–Crippen LogP) is 5.50. The summed E-state index contributed by atoms with van der Waals surface area (Å²) in [4.78, 5) is 25.6.